The number of carbonyl (C=O) groups is 1. The van der Waals surface area contributed by atoms with E-state index in [4.69, 9.17) is 0 Å². The third-order valence-corrected chi connectivity index (χ3v) is 3.16. The smallest absolute Gasteiger partial charge is 0.179 e. The predicted octanol–water partition coefficient (Wildman–Crippen LogP) is 3.57. The van der Waals surface area contributed by atoms with Crippen LogP contribution in [0.1, 0.15) is 30.6 Å². The molecule has 0 bridgehead atoms. The molecule has 0 saturated heterocycles. The fourth-order valence-electron chi connectivity index (χ4n) is 1.06. The summed E-state index contributed by atoms with van der Waals surface area (Å²) in [5.74, 6) is -0.339. The van der Waals surface area contributed by atoms with Crippen molar-refractivity contribution in [2.75, 3.05) is 0 Å². The fraction of sp³-hybridized carbons (Fsp3) is 0.364. The van der Waals surface area contributed by atoms with Crippen molar-refractivity contribution in [3.05, 3.63) is 35.6 Å². The van der Waals surface area contributed by atoms with Gasteiger partial charge in [-0.05, 0) is 37.6 Å². The Morgan fingerprint density at radius 2 is 1.93 bits per heavy atom. The van der Waals surface area contributed by atoms with Crippen molar-refractivity contribution < 1.29 is 9.18 Å². The van der Waals surface area contributed by atoms with Gasteiger partial charge in [0.05, 0.1) is 4.32 Å². The summed E-state index contributed by atoms with van der Waals surface area (Å²) in [5, 5.41) is 0. The minimum absolute atomic E-state index is 0.0139. The minimum Gasteiger partial charge on any atom is -0.293 e. The first kappa shape index (κ1) is 11.4. The molecule has 0 aliphatic carbocycles. The van der Waals surface area contributed by atoms with Crippen molar-refractivity contribution in [2.45, 2.75) is 24.6 Å². The number of Topliss-reactive ketones (excluding diaryl/α,β-unsaturated/α-hetero) is 1. The molecule has 0 aliphatic heterocycles. The molecule has 1 nitrogen and oxygen atoms in total. The molecule has 0 aliphatic rings. The van der Waals surface area contributed by atoms with E-state index < -0.39 is 4.32 Å². The maximum atomic E-state index is 12.6. The average molecular weight is 259 g/mol. The molecule has 76 valence electrons. The molecule has 0 fully saturated rings. The molecule has 0 amide bonds. The number of halogens is 2. The minimum atomic E-state index is -0.551. The summed E-state index contributed by atoms with van der Waals surface area (Å²) in [4.78, 5) is 11.8. The van der Waals surface area contributed by atoms with Gasteiger partial charge in [0.2, 0.25) is 0 Å². The second kappa shape index (κ2) is 4.22. The average Bonchev–Trinajstić information content (AvgIpc) is 2.18. The second-order valence-corrected chi connectivity index (χ2v) is 5.14. The third kappa shape index (κ3) is 2.41. The zero-order chi connectivity index (χ0) is 10.8. The van der Waals surface area contributed by atoms with E-state index in [2.05, 4.69) is 15.9 Å². The first-order valence-corrected chi connectivity index (χ1v) is 5.26. The van der Waals surface area contributed by atoms with Crippen molar-refractivity contribution in [1.82, 2.24) is 0 Å². The van der Waals surface area contributed by atoms with Crippen LogP contribution in [0.2, 0.25) is 0 Å². The largest absolute Gasteiger partial charge is 0.293 e. The molecule has 1 aromatic carbocycles. The summed E-state index contributed by atoms with van der Waals surface area (Å²) in [6.45, 7) is 3.74. The van der Waals surface area contributed by atoms with E-state index in [-0.39, 0.29) is 11.6 Å². The molecule has 3 heteroatoms. The predicted molar refractivity (Wildman–Crippen MR) is 58.4 cm³/mol. The van der Waals surface area contributed by atoms with Crippen LogP contribution < -0.4 is 0 Å². The van der Waals surface area contributed by atoms with E-state index in [1.54, 1.807) is 0 Å². The molecule has 0 radical (unpaired) electrons. The number of benzene rings is 1. The van der Waals surface area contributed by atoms with Gasteiger partial charge in [-0.2, -0.15) is 0 Å². The zero-order valence-electron chi connectivity index (χ0n) is 8.18. The fourth-order valence-corrected chi connectivity index (χ4v) is 1.29. The van der Waals surface area contributed by atoms with Crippen LogP contribution >= 0.6 is 15.9 Å². The number of carbonyl (C=O) groups excluding carboxylic acids is 1. The molecule has 0 N–H and O–H groups in total. The van der Waals surface area contributed by atoms with Gasteiger partial charge < -0.3 is 0 Å². The van der Waals surface area contributed by atoms with E-state index in [0.717, 1.165) is 0 Å². The van der Waals surface area contributed by atoms with Gasteiger partial charge in [0.25, 0.3) is 0 Å². The molecule has 0 spiro atoms. The Morgan fingerprint density at radius 1 is 1.43 bits per heavy atom. The number of hydrogen-bond acceptors (Lipinski definition) is 1. The molecule has 0 saturated carbocycles. The van der Waals surface area contributed by atoms with Crippen LogP contribution in [0.15, 0.2) is 24.3 Å². The first-order chi connectivity index (χ1) is 6.47. The molecular formula is C11H12BrFO. The van der Waals surface area contributed by atoms with Gasteiger partial charge in [-0.25, -0.2) is 4.39 Å². The molecule has 1 atom stereocenters. The van der Waals surface area contributed by atoms with Gasteiger partial charge in [-0.15, -0.1) is 0 Å². The van der Waals surface area contributed by atoms with Crippen LogP contribution in [0.5, 0.6) is 0 Å². The Hall–Kier alpha value is -0.700. The van der Waals surface area contributed by atoms with Gasteiger partial charge in [-0.3, -0.25) is 4.79 Å². The number of alkyl halides is 1. The Morgan fingerprint density at radius 3 is 2.36 bits per heavy atom. The maximum absolute atomic E-state index is 12.6. The lowest BCUT2D eigenvalue weighted by Gasteiger charge is -2.18. The highest BCUT2D eigenvalue weighted by Gasteiger charge is 2.28. The summed E-state index contributed by atoms with van der Waals surface area (Å²) in [6, 6.07) is 5.61. The van der Waals surface area contributed by atoms with E-state index in [0.29, 0.717) is 12.0 Å². The quantitative estimate of drug-likeness (QED) is 0.599. The molecular weight excluding hydrogens is 247 g/mol. The molecule has 1 unspecified atom stereocenters. The molecule has 14 heavy (non-hydrogen) atoms. The lowest BCUT2D eigenvalue weighted by molar-refractivity contribution is 0.0952. The highest BCUT2D eigenvalue weighted by molar-refractivity contribution is 9.10. The highest BCUT2D eigenvalue weighted by Crippen LogP contribution is 2.26. The number of rotatable bonds is 3. The Balaban J connectivity index is 2.96. The second-order valence-electron chi connectivity index (χ2n) is 3.39. The third-order valence-electron chi connectivity index (χ3n) is 2.24. The van der Waals surface area contributed by atoms with Gasteiger partial charge in [-0.1, -0.05) is 22.9 Å². The maximum Gasteiger partial charge on any atom is 0.179 e. The van der Waals surface area contributed by atoms with E-state index in [9.17, 15) is 9.18 Å². The Bertz CT molecular complexity index is 330. The molecule has 0 heterocycles. The van der Waals surface area contributed by atoms with Gasteiger partial charge in [0.15, 0.2) is 5.78 Å². The summed E-state index contributed by atoms with van der Waals surface area (Å²) in [5.41, 5.74) is 0.535. The molecule has 1 aromatic rings. The Labute approximate surface area is 91.5 Å². The van der Waals surface area contributed by atoms with Crippen molar-refractivity contribution in [3.8, 4) is 0 Å². The van der Waals surface area contributed by atoms with Crippen LogP contribution in [0.3, 0.4) is 0 Å². The van der Waals surface area contributed by atoms with Gasteiger partial charge in [0, 0.05) is 5.56 Å². The van der Waals surface area contributed by atoms with Gasteiger partial charge >= 0.3 is 0 Å². The summed E-state index contributed by atoms with van der Waals surface area (Å²) >= 11 is 3.36. The van der Waals surface area contributed by atoms with Crippen LogP contribution in [0.25, 0.3) is 0 Å². The standard InChI is InChI=1S/C11H12BrFO/c1-3-11(2,12)10(14)8-4-6-9(13)7-5-8/h4-7H,3H2,1-2H3. The van der Waals surface area contributed by atoms with Crippen LogP contribution in [-0.2, 0) is 0 Å². The van der Waals surface area contributed by atoms with Crippen LogP contribution in [0.4, 0.5) is 4.39 Å². The number of ketones is 1. The highest BCUT2D eigenvalue weighted by atomic mass is 79.9. The monoisotopic (exact) mass is 258 g/mol. The van der Waals surface area contributed by atoms with Gasteiger partial charge in [0.1, 0.15) is 5.82 Å². The SMILES string of the molecule is CCC(C)(Br)C(=O)c1ccc(F)cc1. The topological polar surface area (TPSA) is 17.1 Å². The van der Waals surface area contributed by atoms with Crippen LogP contribution in [-0.4, -0.2) is 10.1 Å². The van der Waals surface area contributed by atoms with Crippen molar-refractivity contribution in [1.29, 1.82) is 0 Å². The molecule has 1 rings (SSSR count). The summed E-state index contributed by atoms with van der Waals surface area (Å²) in [6.07, 6.45) is 0.698. The van der Waals surface area contributed by atoms with Crippen molar-refractivity contribution >= 4 is 21.7 Å². The Kier molecular flexibility index (Phi) is 3.43. The van der Waals surface area contributed by atoms with Crippen LogP contribution in [0, 0.1) is 5.82 Å². The lowest BCUT2D eigenvalue weighted by Crippen LogP contribution is -2.27. The summed E-state index contributed by atoms with van der Waals surface area (Å²) < 4.78 is 12.1. The van der Waals surface area contributed by atoms with Crippen molar-refractivity contribution in [2.24, 2.45) is 0 Å². The zero-order valence-corrected chi connectivity index (χ0v) is 9.77. The van der Waals surface area contributed by atoms with Crippen molar-refractivity contribution in [3.63, 3.8) is 0 Å². The van der Waals surface area contributed by atoms with E-state index in [1.807, 2.05) is 13.8 Å². The normalized spacial score (nSPS) is 14.9. The molecule has 0 aromatic heterocycles. The first-order valence-electron chi connectivity index (χ1n) is 4.46. The van der Waals surface area contributed by atoms with E-state index in [1.165, 1.54) is 24.3 Å². The number of hydrogen-bond donors (Lipinski definition) is 0. The lowest BCUT2D eigenvalue weighted by atomic mass is 9.97. The summed E-state index contributed by atoms with van der Waals surface area (Å²) in [7, 11) is 0. The van der Waals surface area contributed by atoms with E-state index >= 15 is 0 Å².